The summed E-state index contributed by atoms with van der Waals surface area (Å²) < 4.78 is 6.52. The normalized spacial score (nSPS) is 13.7. The maximum absolute atomic E-state index is 13.2. The van der Waals surface area contributed by atoms with Gasteiger partial charge in [0, 0.05) is 164 Å². The van der Waals surface area contributed by atoms with Crippen molar-refractivity contribution in [3.63, 3.8) is 0 Å². The summed E-state index contributed by atoms with van der Waals surface area (Å²) in [6, 6.07) is 50.4. The monoisotopic (exact) mass is 2030 g/mol. The van der Waals surface area contributed by atoms with Crippen LogP contribution in [0, 0.1) is 61.2 Å². The van der Waals surface area contributed by atoms with E-state index in [1.165, 1.54) is 12.8 Å². The summed E-state index contributed by atoms with van der Waals surface area (Å²) in [4.78, 5) is 55.5. The molecule has 0 spiro atoms. The van der Waals surface area contributed by atoms with Gasteiger partial charge >= 0.3 is 0 Å². The van der Waals surface area contributed by atoms with Crippen LogP contribution in [0.2, 0.25) is 40.2 Å². The maximum Gasteiger partial charge on any atom is 0.286 e. The highest BCUT2D eigenvalue weighted by atomic mass is 35.5. The summed E-state index contributed by atoms with van der Waals surface area (Å²) in [5.41, 5.74) is 34.7. The van der Waals surface area contributed by atoms with E-state index in [1.807, 2.05) is 119 Å². The number of azide groups is 1. The molecule has 0 bridgehead atoms. The molecule has 0 unspecified atom stereocenters. The molecule has 8 aromatic carbocycles. The van der Waals surface area contributed by atoms with Gasteiger partial charge in [-0.1, -0.05) is 219 Å². The van der Waals surface area contributed by atoms with E-state index in [9.17, 15) is 29.4 Å². The van der Waals surface area contributed by atoms with Crippen LogP contribution < -0.4 is 21.7 Å². The van der Waals surface area contributed by atoms with Crippen LogP contribution in [0.25, 0.3) is 78.2 Å². The molecule has 8 heterocycles. The van der Waals surface area contributed by atoms with E-state index in [4.69, 9.17) is 119 Å². The Morgan fingerprint density at radius 2 is 0.626 bits per heavy atom. The molecule has 0 radical (unpaired) electrons. The van der Waals surface area contributed by atoms with E-state index < -0.39 is 6.61 Å². The Bertz CT molecular complexity index is 6690. The van der Waals surface area contributed by atoms with Crippen molar-refractivity contribution in [1.82, 2.24) is 80.9 Å². The number of hydrazine groups is 4. The fourth-order valence-corrected chi connectivity index (χ4v) is 18.1. The van der Waals surface area contributed by atoms with Crippen molar-refractivity contribution in [2.75, 3.05) is 78.7 Å². The largest absolute Gasteiger partial charge is 0.396 e. The number of nitrogens with zero attached hydrogens (tertiary/aromatic N) is 15. The SMILES string of the molecule is Cc1c(C(=O)NN2CCCCC2)nn(-c2ccc(Cl)cc2Cl)c1-c1ccc(C#CCCCO)cc1.Cc1c(C(=O)NN2CCCCC2)nn(-c2ccc(Cl)cc2Cl)c1-c1ccc(C#CCN=[N+]=[N-])cc1.O=C(NN1CCCCC1)c1nn(-c2ccc(Cl)cc2Cl)c(-c2ccc(C#CCCO)cc2)c1CO.O=C(NN1CCCCC1)c1nn(-c2ccc(Cl)cc2Cl)c(-c2ccc(C#CCO)cc2)c1CO. The lowest BCUT2D eigenvalue weighted by molar-refractivity contribution is 0.0734. The number of nitrogens with one attached hydrogen (secondary N) is 4. The molecule has 0 atom stereocenters. The summed E-state index contributed by atoms with van der Waals surface area (Å²) in [5.74, 6) is 22.0. The van der Waals surface area contributed by atoms with Crippen molar-refractivity contribution in [1.29, 1.82) is 0 Å². The molecular weight excluding hydrogens is 1930 g/mol. The fraction of sp³-hybridized carbons (Fsp3) is 0.301. The Hall–Kier alpha value is -12.0. The predicted octanol–water partition coefficient (Wildman–Crippen LogP) is 19.4. The molecule has 139 heavy (non-hydrogen) atoms. The van der Waals surface area contributed by atoms with Crippen LogP contribution in [0.3, 0.4) is 0 Å². The number of unbranched alkanes of at least 4 members (excludes halogenated alkanes) is 1. The van der Waals surface area contributed by atoms with Crippen LogP contribution in [0.5, 0.6) is 0 Å². The third-order valence-corrected chi connectivity index (χ3v) is 25.1. The van der Waals surface area contributed by atoms with Gasteiger partial charge in [-0.25, -0.2) is 38.8 Å². The molecule has 4 amide bonds. The molecule has 4 saturated heterocycles. The van der Waals surface area contributed by atoms with Crippen LogP contribution in [0.15, 0.2) is 175 Å². The minimum Gasteiger partial charge on any atom is -0.396 e. The van der Waals surface area contributed by atoms with Gasteiger partial charge in [0.25, 0.3) is 23.6 Å². The van der Waals surface area contributed by atoms with E-state index in [0.717, 1.165) is 178 Å². The van der Waals surface area contributed by atoms with E-state index in [0.29, 0.717) is 122 Å². The highest BCUT2D eigenvalue weighted by molar-refractivity contribution is 6.37. The highest BCUT2D eigenvalue weighted by Crippen LogP contribution is 2.40. The Kier molecular flexibility index (Phi) is 38.9. The molecule has 36 heteroatoms. The number of rotatable bonds is 22. The quantitative estimate of drug-likeness (QED) is 0.0100. The lowest BCUT2D eigenvalue weighted by Crippen LogP contribution is -2.45. The van der Waals surface area contributed by atoms with Crippen molar-refractivity contribution in [3.05, 3.63) is 288 Å². The maximum atomic E-state index is 13.2. The Morgan fingerprint density at radius 1 is 0.353 bits per heavy atom. The lowest BCUT2D eigenvalue weighted by Gasteiger charge is -2.26. The first-order chi connectivity index (χ1) is 67.5. The second kappa shape index (κ2) is 51.8. The van der Waals surface area contributed by atoms with E-state index in [1.54, 1.807) is 104 Å². The summed E-state index contributed by atoms with van der Waals surface area (Å²) in [6.45, 7) is 9.42. The first kappa shape index (κ1) is 104. The van der Waals surface area contributed by atoms with Crippen molar-refractivity contribution in [3.8, 4) is 115 Å². The van der Waals surface area contributed by atoms with E-state index in [-0.39, 0.29) is 68.0 Å². The minimum absolute atomic E-state index is 0.00818. The van der Waals surface area contributed by atoms with Gasteiger partial charge in [0.2, 0.25) is 0 Å². The van der Waals surface area contributed by atoms with Gasteiger partial charge in [0.1, 0.15) is 6.61 Å². The zero-order valence-corrected chi connectivity index (χ0v) is 82.3. The zero-order valence-electron chi connectivity index (χ0n) is 76.3. The predicted molar refractivity (Wildman–Crippen MR) is 546 cm³/mol. The average molecular weight is 2030 g/mol. The summed E-state index contributed by atoms with van der Waals surface area (Å²) in [6.07, 6.45) is 14.6. The van der Waals surface area contributed by atoms with Gasteiger partial charge in [-0.15, -0.1) is 0 Å². The number of aliphatic hydroxyl groups is 5. The van der Waals surface area contributed by atoms with Crippen molar-refractivity contribution >= 4 is 116 Å². The number of piperidine rings is 4. The topological polar surface area (TPSA) is 351 Å². The van der Waals surface area contributed by atoms with Crippen LogP contribution in [0.1, 0.15) is 183 Å². The van der Waals surface area contributed by atoms with Gasteiger partial charge in [-0.2, -0.15) is 20.4 Å². The number of aromatic nitrogens is 8. The Labute approximate surface area is 845 Å². The number of aliphatic hydroxyl groups excluding tert-OH is 5. The first-order valence-electron chi connectivity index (χ1n) is 45.4. The zero-order chi connectivity index (χ0) is 98.4. The summed E-state index contributed by atoms with van der Waals surface area (Å²) in [5, 5.41) is 80.7. The molecule has 718 valence electrons. The second-order valence-corrected chi connectivity index (χ2v) is 36.0. The second-order valence-electron chi connectivity index (χ2n) is 32.7. The van der Waals surface area contributed by atoms with Crippen molar-refractivity contribution in [2.24, 2.45) is 5.11 Å². The van der Waals surface area contributed by atoms with Crippen molar-refractivity contribution in [2.45, 2.75) is 123 Å². The molecule has 12 aromatic rings. The van der Waals surface area contributed by atoms with E-state index in [2.05, 4.69) is 94.4 Å². The lowest BCUT2D eigenvalue weighted by atomic mass is 10.0. The van der Waals surface area contributed by atoms with Gasteiger partial charge in [0.05, 0.1) is 92.0 Å². The number of amides is 4. The van der Waals surface area contributed by atoms with Crippen molar-refractivity contribution < 1.29 is 44.7 Å². The van der Waals surface area contributed by atoms with Gasteiger partial charge < -0.3 is 25.5 Å². The molecule has 4 aliphatic heterocycles. The molecular formula is C103H101Cl8N19O9. The van der Waals surface area contributed by atoms with Gasteiger partial charge in [-0.3, -0.25) is 40.9 Å². The number of benzene rings is 8. The molecule has 4 aliphatic rings. The molecule has 4 aromatic heterocycles. The van der Waals surface area contributed by atoms with Gasteiger partial charge in [-0.05, 0) is 198 Å². The number of halogens is 8. The van der Waals surface area contributed by atoms with E-state index >= 15 is 0 Å². The number of hydrogen-bond acceptors (Lipinski definition) is 18. The van der Waals surface area contributed by atoms with Crippen LogP contribution >= 0.6 is 92.8 Å². The Morgan fingerprint density at radius 3 is 0.906 bits per heavy atom. The smallest absolute Gasteiger partial charge is 0.286 e. The molecule has 9 N–H and O–H groups in total. The van der Waals surface area contributed by atoms with Gasteiger partial charge in [0.15, 0.2) is 22.8 Å². The standard InChI is InChI=1S/C27H28Cl2N4O2.C26H26Cl2N4O3.C25H23Cl2N7O.C25H24Cl2N4O3/c1-19-25(27(35)31-32-15-5-3-6-16-32)30-33(24-14-13-22(28)18-23(24)29)26(19)21-11-9-20(10-12-21)8-4-2-7-17-34;27-20-11-12-23(22(28)16-20)32-25(19-9-7-18(8-10-19)6-2-5-15-33)21(17-34)24(29-32)26(35)30-31-13-3-1-4-14-31;1-17-23(25(35)31-33-14-3-2-4-15-33)30-34(22-12-11-20(26)16-21(22)27)24(17)19-9-7-18(8-10-19)6-5-13-29-32-28;26-19-10-11-22(21(27)15-19)31-24(18-8-6-17(7-9-18)5-4-14-32)20(16-33)23(28-31)25(34)29-30-12-2-1-3-13-30/h9-14,18,34H,2-3,5-7,15-17H2,1H3,(H,31,35);7-12,16,33-34H,1,3-5,13-15,17H2,(H,30,35);7-12,16H,2-4,13-15H2,1H3,(H,31,35);6-11,15,32-33H,1-3,12-14,16H2,(H,29,34). The Balaban J connectivity index is 0.000000156. The number of carbonyl (C=O) groups excluding carboxylic acids is 4. The van der Waals surface area contributed by atoms with Crippen LogP contribution in [-0.4, -0.2) is 187 Å². The average Bonchev–Trinajstić information content (AvgIpc) is 1.59. The third-order valence-electron chi connectivity index (χ3n) is 23.0. The molecule has 0 aliphatic carbocycles. The molecule has 4 fully saturated rings. The summed E-state index contributed by atoms with van der Waals surface area (Å²) in [7, 11) is 0. The minimum atomic E-state index is -0.393. The third kappa shape index (κ3) is 27.6. The number of carbonyl (C=O) groups is 4. The molecule has 0 saturated carbocycles. The fourth-order valence-electron chi connectivity index (χ4n) is 16.1. The highest BCUT2D eigenvalue weighted by Gasteiger charge is 2.32. The first-order valence-corrected chi connectivity index (χ1v) is 48.4. The van der Waals surface area contributed by atoms with Crippen LogP contribution in [-0.2, 0) is 13.2 Å². The summed E-state index contributed by atoms with van der Waals surface area (Å²) >= 11 is 50.5. The van der Waals surface area contributed by atoms with Crippen LogP contribution in [0.4, 0.5) is 0 Å². The molecule has 16 rings (SSSR count). The molecule has 28 nitrogen and oxygen atoms in total. The number of hydrogen-bond donors (Lipinski definition) is 9.